The van der Waals surface area contributed by atoms with Crippen LogP contribution in [-0.4, -0.2) is 32.7 Å². The summed E-state index contributed by atoms with van der Waals surface area (Å²) < 4.78 is 10.9. The highest BCUT2D eigenvalue weighted by atomic mass is 16.5. The number of hydrogen-bond donors (Lipinski definition) is 2. The van der Waals surface area contributed by atoms with E-state index in [4.69, 9.17) is 15.2 Å². The lowest BCUT2D eigenvalue weighted by Gasteiger charge is -2.38. The second-order valence-electron chi connectivity index (χ2n) is 7.90. The van der Waals surface area contributed by atoms with Gasteiger partial charge in [-0.25, -0.2) is 0 Å². The van der Waals surface area contributed by atoms with Crippen molar-refractivity contribution in [2.75, 3.05) is 20.8 Å². The van der Waals surface area contributed by atoms with Crippen molar-refractivity contribution in [1.82, 2.24) is 5.32 Å². The van der Waals surface area contributed by atoms with Gasteiger partial charge < -0.3 is 20.5 Å². The first-order valence-electron chi connectivity index (χ1n) is 9.84. The zero-order valence-corrected chi connectivity index (χ0v) is 16.1. The molecule has 5 heteroatoms. The van der Waals surface area contributed by atoms with Crippen molar-refractivity contribution >= 4 is 5.91 Å². The number of benzene rings is 1. The predicted molar refractivity (Wildman–Crippen MR) is 103 cm³/mol. The molecule has 1 aromatic rings. The van der Waals surface area contributed by atoms with E-state index >= 15 is 0 Å². The Balaban J connectivity index is 1.77. The number of ether oxygens (including phenoxy) is 2. The van der Waals surface area contributed by atoms with Gasteiger partial charge in [0.05, 0.1) is 14.2 Å². The maximum atomic E-state index is 12.6. The molecule has 0 heterocycles. The van der Waals surface area contributed by atoms with E-state index in [1.54, 1.807) is 14.2 Å². The number of hydrogen-bond acceptors (Lipinski definition) is 4. The Morgan fingerprint density at radius 2 is 1.88 bits per heavy atom. The number of methoxy groups -OCH3 is 2. The summed E-state index contributed by atoms with van der Waals surface area (Å²) in [5, 5.41) is 3.25. The van der Waals surface area contributed by atoms with Crippen molar-refractivity contribution < 1.29 is 14.3 Å². The van der Waals surface area contributed by atoms with Crippen molar-refractivity contribution in [3.05, 3.63) is 23.8 Å². The quantitative estimate of drug-likeness (QED) is 0.817. The molecule has 1 aromatic carbocycles. The van der Waals surface area contributed by atoms with Crippen LogP contribution in [0.4, 0.5) is 0 Å². The number of rotatable bonds is 6. The van der Waals surface area contributed by atoms with Crippen molar-refractivity contribution in [2.24, 2.45) is 11.7 Å². The highest BCUT2D eigenvalue weighted by molar-refractivity contribution is 5.79. The topological polar surface area (TPSA) is 73.6 Å². The lowest BCUT2D eigenvalue weighted by Crippen LogP contribution is -2.44. The van der Waals surface area contributed by atoms with Crippen molar-refractivity contribution in [2.45, 2.75) is 62.8 Å². The summed E-state index contributed by atoms with van der Waals surface area (Å²) in [6.45, 7) is 0.688. The van der Waals surface area contributed by atoms with Gasteiger partial charge in [-0.2, -0.15) is 0 Å². The first kappa shape index (κ1) is 19.0. The molecule has 26 heavy (non-hydrogen) atoms. The largest absolute Gasteiger partial charge is 0.493 e. The zero-order chi connectivity index (χ0) is 18.6. The fourth-order valence-corrected chi connectivity index (χ4v) is 4.62. The monoisotopic (exact) mass is 360 g/mol. The van der Waals surface area contributed by atoms with Crippen LogP contribution in [0.1, 0.15) is 56.9 Å². The molecule has 2 fully saturated rings. The van der Waals surface area contributed by atoms with Gasteiger partial charge in [0, 0.05) is 23.9 Å². The Morgan fingerprint density at radius 3 is 2.50 bits per heavy atom. The Bertz CT molecular complexity index is 626. The van der Waals surface area contributed by atoms with Crippen LogP contribution < -0.4 is 20.5 Å². The molecule has 0 saturated heterocycles. The highest BCUT2D eigenvalue weighted by Crippen LogP contribution is 2.42. The van der Waals surface area contributed by atoms with Crippen molar-refractivity contribution in [1.29, 1.82) is 0 Å². The number of carbonyl (C=O) groups is 1. The maximum Gasteiger partial charge on any atom is 0.223 e. The van der Waals surface area contributed by atoms with Crippen LogP contribution in [0.2, 0.25) is 0 Å². The van der Waals surface area contributed by atoms with Gasteiger partial charge in [0.25, 0.3) is 0 Å². The van der Waals surface area contributed by atoms with Crippen LogP contribution in [0.15, 0.2) is 18.2 Å². The molecular formula is C21H32N2O3. The summed E-state index contributed by atoms with van der Waals surface area (Å²) in [4.78, 5) is 12.6. The molecule has 2 aliphatic carbocycles. The van der Waals surface area contributed by atoms with Crippen LogP contribution in [-0.2, 0) is 10.2 Å². The lowest BCUT2D eigenvalue weighted by molar-refractivity contribution is -0.125. The molecule has 0 radical (unpaired) electrons. The molecule has 2 atom stereocenters. The molecule has 2 unspecified atom stereocenters. The van der Waals surface area contributed by atoms with Crippen LogP contribution in [0.25, 0.3) is 0 Å². The van der Waals surface area contributed by atoms with Crippen LogP contribution in [0.3, 0.4) is 0 Å². The zero-order valence-electron chi connectivity index (χ0n) is 16.1. The molecule has 2 aliphatic rings. The predicted octanol–water partition coefficient (Wildman–Crippen LogP) is 3.15. The number of carbonyl (C=O) groups excluding carboxylic acids is 1. The molecule has 0 aliphatic heterocycles. The van der Waals surface area contributed by atoms with Crippen LogP contribution in [0.5, 0.6) is 11.5 Å². The van der Waals surface area contributed by atoms with E-state index in [0.29, 0.717) is 6.54 Å². The molecule has 3 rings (SSSR count). The molecule has 1 amide bonds. The van der Waals surface area contributed by atoms with E-state index in [1.165, 1.54) is 24.8 Å². The van der Waals surface area contributed by atoms with Gasteiger partial charge in [-0.3, -0.25) is 4.79 Å². The average Bonchev–Trinajstić information content (AvgIpc) is 3.12. The Kier molecular flexibility index (Phi) is 6.07. The van der Waals surface area contributed by atoms with E-state index < -0.39 is 0 Å². The van der Waals surface area contributed by atoms with Gasteiger partial charge in [-0.1, -0.05) is 25.3 Å². The number of nitrogens with one attached hydrogen (secondary N) is 1. The summed E-state index contributed by atoms with van der Waals surface area (Å²) in [5.74, 6) is 1.74. The van der Waals surface area contributed by atoms with E-state index in [-0.39, 0.29) is 23.3 Å². The number of amides is 1. The van der Waals surface area contributed by atoms with E-state index in [9.17, 15) is 4.79 Å². The first-order valence-corrected chi connectivity index (χ1v) is 9.84. The Morgan fingerprint density at radius 1 is 1.15 bits per heavy atom. The van der Waals surface area contributed by atoms with E-state index in [1.807, 2.05) is 6.07 Å². The Hall–Kier alpha value is -1.75. The summed E-state index contributed by atoms with van der Waals surface area (Å²) in [6.07, 6.45) is 8.52. The van der Waals surface area contributed by atoms with Gasteiger partial charge in [0.2, 0.25) is 5.91 Å². The van der Waals surface area contributed by atoms with Gasteiger partial charge in [0.1, 0.15) is 0 Å². The number of nitrogens with two attached hydrogens (primary N) is 1. The average molecular weight is 360 g/mol. The third-order valence-corrected chi connectivity index (χ3v) is 6.25. The molecular weight excluding hydrogens is 328 g/mol. The van der Waals surface area contributed by atoms with Gasteiger partial charge in [-0.05, 0) is 49.8 Å². The second-order valence-corrected chi connectivity index (χ2v) is 7.90. The fourth-order valence-electron chi connectivity index (χ4n) is 4.62. The van der Waals surface area contributed by atoms with Crippen LogP contribution in [0, 0.1) is 5.92 Å². The summed E-state index contributed by atoms with van der Waals surface area (Å²) >= 11 is 0. The minimum absolute atomic E-state index is 0.0197. The smallest absolute Gasteiger partial charge is 0.223 e. The lowest BCUT2D eigenvalue weighted by atomic mass is 9.69. The van der Waals surface area contributed by atoms with E-state index in [2.05, 4.69) is 17.4 Å². The summed E-state index contributed by atoms with van der Waals surface area (Å²) in [6, 6.07) is 6.37. The SMILES string of the molecule is COc1ccc(C2(CNC(=O)C3CCC(N)C3)CCCCC2)cc1OC. The minimum atomic E-state index is -0.0197. The molecule has 2 saturated carbocycles. The third-order valence-electron chi connectivity index (χ3n) is 6.25. The second kappa shape index (κ2) is 8.30. The van der Waals surface area contributed by atoms with Gasteiger partial charge >= 0.3 is 0 Å². The maximum absolute atomic E-state index is 12.6. The molecule has 3 N–H and O–H groups in total. The highest BCUT2D eigenvalue weighted by Gasteiger charge is 2.36. The van der Waals surface area contributed by atoms with E-state index in [0.717, 1.165) is 43.6 Å². The molecule has 0 bridgehead atoms. The summed E-state index contributed by atoms with van der Waals surface area (Å²) in [5.41, 5.74) is 7.19. The fraction of sp³-hybridized carbons (Fsp3) is 0.667. The normalized spacial score (nSPS) is 24.9. The molecule has 144 valence electrons. The van der Waals surface area contributed by atoms with Crippen LogP contribution >= 0.6 is 0 Å². The standard InChI is InChI=1S/C21H32N2O3/c1-25-18-9-7-16(13-19(18)26-2)21(10-4-3-5-11-21)14-23-20(24)15-6-8-17(22)12-15/h7,9,13,15,17H,3-6,8,10-12,14,22H2,1-2H3,(H,23,24). The molecule has 5 nitrogen and oxygen atoms in total. The minimum Gasteiger partial charge on any atom is -0.493 e. The Labute approximate surface area is 156 Å². The molecule has 0 aromatic heterocycles. The first-order chi connectivity index (χ1) is 12.6. The molecule has 0 spiro atoms. The van der Waals surface area contributed by atoms with Gasteiger partial charge in [0.15, 0.2) is 11.5 Å². The van der Waals surface area contributed by atoms with Crippen molar-refractivity contribution in [3.8, 4) is 11.5 Å². The van der Waals surface area contributed by atoms with Crippen molar-refractivity contribution in [3.63, 3.8) is 0 Å². The third kappa shape index (κ3) is 3.98. The summed E-state index contributed by atoms with van der Waals surface area (Å²) in [7, 11) is 3.32. The van der Waals surface area contributed by atoms with Gasteiger partial charge in [-0.15, -0.1) is 0 Å².